The van der Waals surface area contributed by atoms with Crippen LogP contribution in [0.3, 0.4) is 0 Å². The summed E-state index contributed by atoms with van der Waals surface area (Å²) in [4.78, 5) is 28.9. The number of urea groups is 1. The van der Waals surface area contributed by atoms with E-state index in [9.17, 15) is 14.7 Å². The summed E-state index contributed by atoms with van der Waals surface area (Å²) in [5, 5.41) is 18.7. The van der Waals surface area contributed by atoms with Crippen LogP contribution >= 0.6 is 0 Å². The smallest absolute Gasteiger partial charge is 0.317 e. The maximum atomic E-state index is 12.0. The van der Waals surface area contributed by atoms with Gasteiger partial charge in [-0.25, -0.2) is 9.78 Å². The monoisotopic (exact) mass is 297 g/mol. The largest absolute Gasteiger partial charge is 0.481 e. The summed E-state index contributed by atoms with van der Waals surface area (Å²) in [5.74, 6) is 0.307. The van der Waals surface area contributed by atoms with Gasteiger partial charge in [0, 0.05) is 13.6 Å². The van der Waals surface area contributed by atoms with Crippen molar-refractivity contribution in [2.45, 2.75) is 40.2 Å². The fourth-order valence-electron chi connectivity index (χ4n) is 2.00. The fourth-order valence-corrected chi connectivity index (χ4v) is 2.00. The molecule has 0 saturated carbocycles. The second-order valence-corrected chi connectivity index (χ2v) is 5.14. The minimum atomic E-state index is -0.919. The molecule has 0 fully saturated rings. The number of carbonyl (C=O) groups excluding carboxylic acids is 1. The lowest BCUT2D eigenvalue weighted by atomic mass is 9.82. The number of nitrogens with one attached hydrogen (secondary N) is 2. The molecule has 0 atom stereocenters. The quantitative estimate of drug-likeness (QED) is 0.699. The molecule has 0 unspecified atom stereocenters. The molecule has 8 nitrogen and oxygen atoms in total. The van der Waals surface area contributed by atoms with Crippen LogP contribution in [0, 0.1) is 12.3 Å². The summed E-state index contributed by atoms with van der Waals surface area (Å²) in [6.45, 7) is 5.76. The topological polar surface area (TPSA) is 111 Å². The van der Waals surface area contributed by atoms with Crippen LogP contribution in [0.5, 0.6) is 0 Å². The minimum Gasteiger partial charge on any atom is -0.481 e. The van der Waals surface area contributed by atoms with Crippen molar-refractivity contribution in [1.29, 1.82) is 0 Å². The van der Waals surface area contributed by atoms with E-state index in [1.807, 2.05) is 13.8 Å². The first-order valence-corrected chi connectivity index (χ1v) is 6.95. The van der Waals surface area contributed by atoms with Crippen molar-refractivity contribution in [3.05, 3.63) is 11.6 Å². The molecule has 0 aromatic carbocycles. The van der Waals surface area contributed by atoms with Crippen LogP contribution in [-0.2, 0) is 11.3 Å². The first-order chi connectivity index (χ1) is 9.84. The molecule has 1 heterocycles. The van der Waals surface area contributed by atoms with Gasteiger partial charge < -0.3 is 15.3 Å². The van der Waals surface area contributed by atoms with Crippen LogP contribution < -0.4 is 5.32 Å². The van der Waals surface area contributed by atoms with Crippen molar-refractivity contribution in [2.24, 2.45) is 5.41 Å². The lowest BCUT2D eigenvalue weighted by molar-refractivity contribution is -0.149. The number of carboxylic acids is 1. The second kappa shape index (κ2) is 7.05. The van der Waals surface area contributed by atoms with Crippen LogP contribution in [0.4, 0.5) is 4.79 Å². The Kier molecular flexibility index (Phi) is 5.69. The molecule has 1 aromatic heterocycles. The van der Waals surface area contributed by atoms with E-state index in [1.54, 1.807) is 14.0 Å². The van der Waals surface area contributed by atoms with E-state index in [1.165, 1.54) is 4.90 Å². The first-order valence-electron chi connectivity index (χ1n) is 6.95. The third kappa shape index (κ3) is 4.17. The number of carbonyl (C=O) groups is 2. The van der Waals surface area contributed by atoms with Crippen molar-refractivity contribution in [1.82, 2.24) is 25.4 Å². The normalized spacial score (nSPS) is 11.2. The highest BCUT2D eigenvalue weighted by Gasteiger charge is 2.35. The fraction of sp³-hybridized carbons (Fsp3) is 0.692. The number of aryl methyl sites for hydroxylation is 1. The average Bonchev–Trinajstić information content (AvgIpc) is 2.85. The molecule has 0 aliphatic rings. The van der Waals surface area contributed by atoms with Gasteiger partial charge in [-0.15, -0.1) is 0 Å². The molecule has 2 amide bonds. The van der Waals surface area contributed by atoms with E-state index in [0.717, 1.165) is 0 Å². The van der Waals surface area contributed by atoms with Gasteiger partial charge in [-0.1, -0.05) is 13.8 Å². The van der Waals surface area contributed by atoms with Crippen LogP contribution in [0.1, 0.15) is 38.3 Å². The van der Waals surface area contributed by atoms with E-state index in [-0.39, 0.29) is 19.1 Å². The van der Waals surface area contributed by atoms with Gasteiger partial charge in [-0.3, -0.25) is 9.89 Å². The van der Waals surface area contributed by atoms with E-state index in [4.69, 9.17) is 0 Å². The van der Waals surface area contributed by atoms with Gasteiger partial charge in [0.25, 0.3) is 0 Å². The number of hydrogen-bond donors (Lipinski definition) is 3. The average molecular weight is 297 g/mol. The maximum absolute atomic E-state index is 12.0. The van der Waals surface area contributed by atoms with E-state index >= 15 is 0 Å². The summed E-state index contributed by atoms with van der Waals surface area (Å²) >= 11 is 0. The number of carboxylic acid groups (broad SMARTS) is 1. The van der Waals surface area contributed by atoms with E-state index in [2.05, 4.69) is 20.5 Å². The Balaban J connectivity index is 2.57. The van der Waals surface area contributed by atoms with Gasteiger partial charge in [0.2, 0.25) is 0 Å². The first kappa shape index (κ1) is 16.9. The van der Waals surface area contributed by atoms with Crippen molar-refractivity contribution >= 4 is 12.0 Å². The molecular formula is C13H23N5O3. The summed E-state index contributed by atoms with van der Waals surface area (Å²) in [5.41, 5.74) is -0.919. The molecule has 0 spiro atoms. The number of aromatic amines is 1. The number of H-pyrrole nitrogens is 1. The number of amides is 2. The van der Waals surface area contributed by atoms with Crippen LogP contribution in [0.15, 0.2) is 0 Å². The summed E-state index contributed by atoms with van der Waals surface area (Å²) in [6.07, 6.45) is 0.923. The van der Waals surface area contributed by atoms with Crippen molar-refractivity contribution in [3.8, 4) is 0 Å². The van der Waals surface area contributed by atoms with Crippen LogP contribution in [-0.4, -0.2) is 50.8 Å². The van der Waals surface area contributed by atoms with E-state index in [0.29, 0.717) is 24.5 Å². The van der Waals surface area contributed by atoms with Gasteiger partial charge in [0.05, 0.1) is 12.0 Å². The Morgan fingerprint density at radius 2 is 2.00 bits per heavy atom. The lowest BCUT2D eigenvalue weighted by Crippen LogP contribution is -2.46. The molecule has 0 aliphatic carbocycles. The highest BCUT2D eigenvalue weighted by atomic mass is 16.4. The van der Waals surface area contributed by atoms with Gasteiger partial charge in [0.15, 0.2) is 5.82 Å². The minimum absolute atomic E-state index is 0.103. The zero-order valence-electron chi connectivity index (χ0n) is 12.9. The Labute approximate surface area is 123 Å². The van der Waals surface area contributed by atoms with Crippen molar-refractivity contribution < 1.29 is 14.7 Å². The molecule has 3 N–H and O–H groups in total. The van der Waals surface area contributed by atoms with Gasteiger partial charge >= 0.3 is 12.0 Å². The number of rotatable bonds is 7. The maximum Gasteiger partial charge on any atom is 0.317 e. The Morgan fingerprint density at radius 1 is 1.38 bits per heavy atom. The molecule has 0 bridgehead atoms. The Morgan fingerprint density at radius 3 is 2.43 bits per heavy atom. The third-order valence-corrected chi connectivity index (χ3v) is 3.75. The molecule has 0 saturated heterocycles. The van der Waals surface area contributed by atoms with Crippen molar-refractivity contribution in [3.63, 3.8) is 0 Å². The molecule has 21 heavy (non-hydrogen) atoms. The van der Waals surface area contributed by atoms with Gasteiger partial charge in [0.1, 0.15) is 5.82 Å². The zero-order chi connectivity index (χ0) is 16.0. The van der Waals surface area contributed by atoms with Gasteiger partial charge in [-0.2, -0.15) is 5.10 Å². The highest BCUT2D eigenvalue weighted by molar-refractivity contribution is 5.78. The standard InChI is InChI=1S/C13H23N5O3/c1-5-13(6-2,11(19)20)8-14-12(21)18(4)7-10-15-9(3)16-17-10/h5-8H2,1-4H3,(H,14,21)(H,19,20)(H,15,16,17). The third-order valence-electron chi connectivity index (χ3n) is 3.75. The van der Waals surface area contributed by atoms with Crippen molar-refractivity contribution in [2.75, 3.05) is 13.6 Å². The Hall–Kier alpha value is -2.12. The van der Waals surface area contributed by atoms with Gasteiger partial charge in [-0.05, 0) is 19.8 Å². The predicted octanol–water partition coefficient (Wildman–Crippen LogP) is 1.15. The zero-order valence-corrected chi connectivity index (χ0v) is 12.9. The molecule has 1 aromatic rings. The summed E-state index contributed by atoms with van der Waals surface area (Å²) < 4.78 is 0. The number of hydrogen-bond acceptors (Lipinski definition) is 4. The highest BCUT2D eigenvalue weighted by Crippen LogP contribution is 2.25. The second-order valence-electron chi connectivity index (χ2n) is 5.14. The molecule has 1 rings (SSSR count). The SMILES string of the molecule is CCC(CC)(CNC(=O)N(C)Cc1n[nH]c(C)n1)C(=O)O. The van der Waals surface area contributed by atoms with Crippen LogP contribution in [0.2, 0.25) is 0 Å². The molecule has 0 radical (unpaired) electrons. The molecule has 0 aliphatic heterocycles. The summed E-state index contributed by atoms with van der Waals surface area (Å²) in [7, 11) is 1.61. The Bertz CT molecular complexity index is 496. The number of aliphatic carboxylic acids is 1. The van der Waals surface area contributed by atoms with E-state index < -0.39 is 11.4 Å². The lowest BCUT2D eigenvalue weighted by Gasteiger charge is -2.28. The molecular weight excluding hydrogens is 274 g/mol. The van der Waals surface area contributed by atoms with Crippen LogP contribution in [0.25, 0.3) is 0 Å². The number of nitrogens with zero attached hydrogens (tertiary/aromatic N) is 3. The predicted molar refractivity (Wildman–Crippen MR) is 76.6 cm³/mol. The summed E-state index contributed by atoms with van der Waals surface area (Å²) in [6, 6.07) is -0.343. The number of aromatic nitrogens is 3. The molecule has 118 valence electrons. The molecule has 8 heteroatoms.